The summed E-state index contributed by atoms with van der Waals surface area (Å²) in [6.07, 6.45) is 4.71. The second kappa shape index (κ2) is 9.84. The average Bonchev–Trinajstić information content (AvgIpc) is 3.69. The Labute approximate surface area is 215 Å². The number of carbonyl (C=O) groups is 1. The summed E-state index contributed by atoms with van der Waals surface area (Å²) in [6, 6.07) is 9.36. The van der Waals surface area contributed by atoms with Crippen LogP contribution in [0.4, 0.5) is 13.2 Å². The lowest BCUT2D eigenvalue weighted by Crippen LogP contribution is -2.36. The summed E-state index contributed by atoms with van der Waals surface area (Å²) in [5.41, 5.74) is 2.10. The molecule has 2 aliphatic rings. The van der Waals surface area contributed by atoms with Crippen molar-refractivity contribution in [2.24, 2.45) is 0 Å². The molecule has 188 valence electrons. The van der Waals surface area contributed by atoms with Crippen LogP contribution in [0.1, 0.15) is 69.9 Å². The Kier molecular flexibility index (Phi) is 6.76. The molecule has 1 aromatic heterocycles. The number of nitrogens with one attached hydrogen (secondary N) is 1. The van der Waals surface area contributed by atoms with Crippen LogP contribution in [0.2, 0.25) is 0 Å². The molecule has 1 N–H and O–H groups in total. The number of benzene rings is 2. The third kappa shape index (κ3) is 4.98. The molecule has 5 rings (SSSR count). The van der Waals surface area contributed by atoms with Crippen molar-refractivity contribution in [1.82, 2.24) is 15.5 Å². The summed E-state index contributed by atoms with van der Waals surface area (Å²) in [5.74, 6) is -4.62. The molecule has 1 amide bonds. The number of amides is 1. The summed E-state index contributed by atoms with van der Waals surface area (Å²) < 4.78 is 51.7. The van der Waals surface area contributed by atoms with Crippen molar-refractivity contribution in [3.63, 3.8) is 0 Å². The fraction of sp³-hybridized carbons (Fsp3) is 0.370. The molecule has 1 fully saturated rings. The lowest BCUT2D eigenvalue weighted by molar-refractivity contribution is -0.00312. The van der Waals surface area contributed by atoms with Gasteiger partial charge < -0.3 is 10.1 Å². The number of ether oxygens (including phenoxy) is 1. The Bertz CT molecular complexity index is 1330. The van der Waals surface area contributed by atoms with E-state index >= 15 is 13.2 Å². The summed E-state index contributed by atoms with van der Waals surface area (Å²) in [5, 5.41) is 10.6. The molecule has 36 heavy (non-hydrogen) atoms. The minimum atomic E-state index is -3.30. The molecule has 2 aromatic carbocycles. The summed E-state index contributed by atoms with van der Waals surface area (Å²) in [6.45, 7) is 0.686. The summed E-state index contributed by atoms with van der Waals surface area (Å²) >= 11 is 3.28. The maximum absolute atomic E-state index is 15.1. The SMILES string of the molecule is Cc1cc(Br)ccc1C(F)(F)CNC(=O)c1c(Oc2cccc(C3CC3)c2F)nnc2c1CCCC2. The summed E-state index contributed by atoms with van der Waals surface area (Å²) in [7, 11) is 0. The molecule has 0 bridgehead atoms. The smallest absolute Gasteiger partial charge is 0.290 e. The second-order valence-electron chi connectivity index (χ2n) is 9.39. The first kappa shape index (κ1) is 24.7. The highest BCUT2D eigenvalue weighted by atomic mass is 79.9. The molecule has 0 unspecified atom stereocenters. The van der Waals surface area contributed by atoms with Crippen molar-refractivity contribution in [2.75, 3.05) is 6.54 Å². The molecule has 0 aliphatic heterocycles. The van der Waals surface area contributed by atoms with Crippen LogP contribution in [-0.2, 0) is 18.8 Å². The molecular formula is C27H25BrF3N3O2. The van der Waals surface area contributed by atoms with E-state index in [1.807, 2.05) is 0 Å². The second-order valence-corrected chi connectivity index (χ2v) is 10.3. The molecule has 0 radical (unpaired) electrons. The molecule has 5 nitrogen and oxygen atoms in total. The lowest BCUT2D eigenvalue weighted by atomic mass is 9.92. The first-order chi connectivity index (χ1) is 17.2. The van der Waals surface area contributed by atoms with E-state index in [9.17, 15) is 4.79 Å². The quantitative estimate of drug-likeness (QED) is 0.347. The zero-order valence-corrected chi connectivity index (χ0v) is 21.3. The number of hydrogen-bond donors (Lipinski definition) is 1. The highest BCUT2D eigenvalue weighted by Crippen LogP contribution is 2.43. The van der Waals surface area contributed by atoms with Gasteiger partial charge in [0.25, 0.3) is 17.7 Å². The number of fused-ring (bicyclic) bond motifs is 1. The number of rotatable bonds is 7. The van der Waals surface area contributed by atoms with Crippen molar-refractivity contribution in [3.05, 3.63) is 80.2 Å². The Morgan fingerprint density at radius 3 is 2.69 bits per heavy atom. The first-order valence-corrected chi connectivity index (χ1v) is 12.8. The lowest BCUT2D eigenvalue weighted by Gasteiger charge is -2.22. The predicted octanol–water partition coefficient (Wildman–Crippen LogP) is 6.76. The van der Waals surface area contributed by atoms with E-state index in [1.54, 1.807) is 25.1 Å². The van der Waals surface area contributed by atoms with Crippen molar-refractivity contribution in [3.8, 4) is 11.6 Å². The van der Waals surface area contributed by atoms with Gasteiger partial charge in [0.2, 0.25) is 0 Å². The number of aryl methyl sites for hydroxylation is 2. The van der Waals surface area contributed by atoms with Gasteiger partial charge >= 0.3 is 0 Å². The van der Waals surface area contributed by atoms with E-state index in [1.165, 1.54) is 18.2 Å². The topological polar surface area (TPSA) is 64.1 Å². The van der Waals surface area contributed by atoms with Gasteiger partial charge in [-0.25, -0.2) is 4.39 Å². The first-order valence-electron chi connectivity index (χ1n) is 12.0. The fourth-order valence-corrected chi connectivity index (χ4v) is 5.17. The van der Waals surface area contributed by atoms with Crippen LogP contribution in [0, 0.1) is 12.7 Å². The van der Waals surface area contributed by atoms with Crippen LogP contribution in [0.5, 0.6) is 11.6 Å². The van der Waals surface area contributed by atoms with Crippen LogP contribution in [0.15, 0.2) is 40.9 Å². The van der Waals surface area contributed by atoms with Gasteiger partial charge in [0.05, 0.1) is 12.2 Å². The van der Waals surface area contributed by atoms with Crippen molar-refractivity contribution in [2.45, 2.75) is 57.3 Å². The normalized spacial score (nSPS) is 15.4. The van der Waals surface area contributed by atoms with Crippen LogP contribution in [0.25, 0.3) is 0 Å². The van der Waals surface area contributed by atoms with Gasteiger partial charge in [-0.15, -0.1) is 5.10 Å². The van der Waals surface area contributed by atoms with Crippen molar-refractivity contribution in [1.29, 1.82) is 0 Å². The van der Waals surface area contributed by atoms with Crippen LogP contribution >= 0.6 is 15.9 Å². The number of halogens is 4. The fourth-order valence-electron chi connectivity index (χ4n) is 4.69. The van der Waals surface area contributed by atoms with Crippen LogP contribution in [0.3, 0.4) is 0 Å². The maximum Gasteiger partial charge on any atom is 0.290 e. The molecule has 0 spiro atoms. The number of aromatic nitrogens is 2. The standard InChI is InChI=1S/C27H25BrF3N3O2/c1-15-13-17(28)11-12-20(15)27(30,31)14-32-25(35)23-19-5-2-3-7-21(19)33-34-26(23)36-22-8-4-6-18(24(22)29)16-9-10-16/h4,6,8,11-13,16H,2-3,5,7,9-10,14H2,1H3,(H,32,35). The van der Waals surface area contributed by atoms with E-state index in [4.69, 9.17) is 4.74 Å². The van der Waals surface area contributed by atoms with Gasteiger partial charge in [-0.3, -0.25) is 4.79 Å². The van der Waals surface area contributed by atoms with Gasteiger partial charge in [0, 0.05) is 10.0 Å². The highest BCUT2D eigenvalue weighted by molar-refractivity contribution is 9.10. The van der Waals surface area contributed by atoms with E-state index in [-0.39, 0.29) is 28.7 Å². The third-order valence-corrected chi connectivity index (χ3v) is 7.21. The zero-order chi connectivity index (χ0) is 25.4. The Hall–Kier alpha value is -2.94. The summed E-state index contributed by atoms with van der Waals surface area (Å²) in [4.78, 5) is 13.3. The maximum atomic E-state index is 15.1. The number of carbonyl (C=O) groups excluding carboxylic acids is 1. The number of nitrogens with zero attached hydrogens (tertiary/aromatic N) is 2. The van der Waals surface area contributed by atoms with Crippen molar-refractivity contribution >= 4 is 21.8 Å². The monoisotopic (exact) mass is 559 g/mol. The highest BCUT2D eigenvalue weighted by Gasteiger charge is 2.35. The molecule has 1 saturated carbocycles. The van der Waals surface area contributed by atoms with Crippen molar-refractivity contribution < 1.29 is 22.7 Å². The Morgan fingerprint density at radius 2 is 1.94 bits per heavy atom. The van der Waals surface area contributed by atoms with Gasteiger partial charge in [-0.05, 0) is 86.3 Å². The zero-order valence-electron chi connectivity index (χ0n) is 19.7. The van der Waals surface area contributed by atoms with E-state index in [2.05, 4.69) is 31.4 Å². The van der Waals surface area contributed by atoms with Crippen LogP contribution < -0.4 is 10.1 Å². The van der Waals surface area contributed by atoms with Gasteiger partial charge in [0.15, 0.2) is 11.6 Å². The minimum absolute atomic E-state index is 0.0410. The van der Waals surface area contributed by atoms with Gasteiger partial charge in [-0.2, -0.15) is 13.9 Å². The largest absolute Gasteiger partial charge is 0.434 e. The minimum Gasteiger partial charge on any atom is -0.434 e. The molecule has 0 saturated heterocycles. The molecule has 2 aliphatic carbocycles. The Morgan fingerprint density at radius 1 is 1.17 bits per heavy atom. The number of alkyl halides is 2. The van der Waals surface area contributed by atoms with E-state index in [0.29, 0.717) is 39.7 Å². The van der Waals surface area contributed by atoms with E-state index in [0.717, 1.165) is 25.7 Å². The molecular weight excluding hydrogens is 535 g/mol. The molecule has 9 heteroatoms. The van der Waals surface area contributed by atoms with Gasteiger partial charge in [-0.1, -0.05) is 34.1 Å². The third-order valence-electron chi connectivity index (χ3n) is 6.71. The molecule has 0 atom stereocenters. The molecule has 3 aromatic rings. The van der Waals surface area contributed by atoms with Gasteiger partial charge in [0.1, 0.15) is 5.56 Å². The Balaban J connectivity index is 1.44. The predicted molar refractivity (Wildman–Crippen MR) is 132 cm³/mol. The molecule has 1 heterocycles. The van der Waals surface area contributed by atoms with E-state index < -0.39 is 24.2 Å². The number of hydrogen-bond acceptors (Lipinski definition) is 4. The average molecular weight is 560 g/mol. The van der Waals surface area contributed by atoms with Crippen LogP contribution in [-0.4, -0.2) is 22.6 Å².